The van der Waals surface area contributed by atoms with E-state index in [1.807, 2.05) is 0 Å². The Morgan fingerprint density at radius 2 is 2.06 bits per heavy atom. The molecule has 0 aromatic heterocycles. The lowest BCUT2D eigenvalue weighted by molar-refractivity contribution is -0.143. The van der Waals surface area contributed by atoms with Crippen molar-refractivity contribution in [2.45, 2.75) is 58.4 Å². The van der Waals surface area contributed by atoms with E-state index >= 15 is 0 Å². The Morgan fingerprint density at radius 1 is 1.38 bits per heavy atom. The molecular formula is C13H25NO2. The summed E-state index contributed by atoms with van der Waals surface area (Å²) < 4.78 is 0. The fraction of sp³-hybridized carbons (Fsp3) is 0.923. The molecule has 1 fully saturated rings. The van der Waals surface area contributed by atoms with E-state index in [0.717, 1.165) is 44.7 Å². The zero-order chi connectivity index (χ0) is 12.0. The topological polar surface area (TPSA) is 40.5 Å². The molecule has 16 heavy (non-hydrogen) atoms. The molecular weight excluding hydrogens is 202 g/mol. The molecule has 0 aromatic carbocycles. The number of carbonyl (C=O) groups is 1. The first-order chi connectivity index (χ1) is 7.69. The largest absolute Gasteiger partial charge is 0.480 e. The van der Waals surface area contributed by atoms with Gasteiger partial charge in [0.25, 0.3) is 0 Å². The molecule has 0 spiro atoms. The molecule has 1 aliphatic carbocycles. The van der Waals surface area contributed by atoms with E-state index < -0.39 is 5.97 Å². The first-order valence-electron chi connectivity index (χ1n) is 6.65. The number of carboxylic acids is 1. The summed E-state index contributed by atoms with van der Waals surface area (Å²) in [6.45, 7) is 6.16. The number of nitrogens with zero attached hydrogens (tertiary/aromatic N) is 1. The van der Waals surface area contributed by atoms with E-state index in [4.69, 9.17) is 0 Å². The van der Waals surface area contributed by atoms with Crippen molar-refractivity contribution in [1.82, 2.24) is 4.90 Å². The molecule has 1 rings (SSSR count). The van der Waals surface area contributed by atoms with Crippen LogP contribution in [0.2, 0.25) is 0 Å². The minimum Gasteiger partial charge on any atom is -0.480 e. The van der Waals surface area contributed by atoms with Gasteiger partial charge in [-0.25, -0.2) is 0 Å². The average Bonchev–Trinajstić information content (AvgIpc) is 3.02. The van der Waals surface area contributed by atoms with Crippen molar-refractivity contribution < 1.29 is 9.90 Å². The summed E-state index contributed by atoms with van der Waals surface area (Å²) in [4.78, 5) is 13.5. The van der Waals surface area contributed by atoms with Crippen molar-refractivity contribution in [3.63, 3.8) is 0 Å². The van der Waals surface area contributed by atoms with Crippen LogP contribution in [0.3, 0.4) is 0 Å². The molecule has 0 bridgehead atoms. The third-order valence-electron chi connectivity index (χ3n) is 3.26. The smallest absolute Gasteiger partial charge is 0.320 e. The van der Waals surface area contributed by atoms with E-state index in [9.17, 15) is 9.90 Å². The maximum absolute atomic E-state index is 11.3. The van der Waals surface area contributed by atoms with Crippen molar-refractivity contribution in [2.75, 3.05) is 13.1 Å². The summed E-state index contributed by atoms with van der Waals surface area (Å²) in [6, 6.07) is -0.250. The van der Waals surface area contributed by atoms with Crippen LogP contribution in [0.15, 0.2) is 0 Å². The van der Waals surface area contributed by atoms with Gasteiger partial charge in [0.1, 0.15) is 6.04 Å². The van der Waals surface area contributed by atoms with Gasteiger partial charge in [-0.3, -0.25) is 9.69 Å². The van der Waals surface area contributed by atoms with Gasteiger partial charge in [-0.15, -0.1) is 0 Å². The molecule has 3 heteroatoms. The fourth-order valence-corrected chi connectivity index (χ4v) is 2.15. The van der Waals surface area contributed by atoms with Crippen LogP contribution in [0.1, 0.15) is 52.4 Å². The zero-order valence-corrected chi connectivity index (χ0v) is 10.6. The van der Waals surface area contributed by atoms with Crippen molar-refractivity contribution in [1.29, 1.82) is 0 Å². The molecule has 1 saturated carbocycles. The van der Waals surface area contributed by atoms with Crippen molar-refractivity contribution in [2.24, 2.45) is 5.92 Å². The summed E-state index contributed by atoms with van der Waals surface area (Å²) in [5.41, 5.74) is 0. The lowest BCUT2D eigenvalue weighted by Gasteiger charge is -2.28. The lowest BCUT2D eigenvalue weighted by Crippen LogP contribution is -2.42. The normalized spacial score (nSPS) is 17.7. The van der Waals surface area contributed by atoms with E-state index in [0.29, 0.717) is 0 Å². The van der Waals surface area contributed by atoms with Crippen LogP contribution in [-0.4, -0.2) is 35.1 Å². The van der Waals surface area contributed by atoms with E-state index in [2.05, 4.69) is 18.7 Å². The molecule has 1 N–H and O–H groups in total. The van der Waals surface area contributed by atoms with Crippen LogP contribution in [0.4, 0.5) is 0 Å². The molecule has 1 aliphatic rings. The van der Waals surface area contributed by atoms with Crippen LogP contribution in [-0.2, 0) is 4.79 Å². The molecule has 1 atom stereocenters. The summed E-state index contributed by atoms with van der Waals surface area (Å²) in [5, 5.41) is 9.29. The second kappa shape index (κ2) is 6.89. The highest BCUT2D eigenvalue weighted by Crippen LogP contribution is 2.30. The van der Waals surface area contributed by atoms with Gasteiger partial charge in [0.15, 0.2) is 0 Å². The first-order valence-corrected chi connectivity index (χ1v) is 6.65. The van der Waals surface area contributed by atoms with Gasteiger partial charge in [-0.05, 0) is 38.1 Å². The Kier molecular flexibility index (Phi) is 5.81. The molecule has 1 unspecified atom stereocenters. The van der Waals surface area contributed by atoms with Crippen LogP contribution in [0.25, 0.3) is 0 Å². The first kappa shape index (κ1) is 13.5. The number of unbranched alkanes of at least 4 members (excludes halogenated alkanes) is 1. The van der Waals surface area contributed by atoms with Gasteiger partial charge in [0, 0.05) is 6.54 Å². The van der Waals surface area contributed by atoms with Crippen molar-refractivity contribution in [3.05, 3.63) is 0 Å². The van der Waals surface area contributed by atoms with Crippen LogP contribution >= 0.6 is 0 Å². The zero-order valence-electron chi connectivity index (χ0n) is 10.6. The molecule has 94 valence electrons. The van der Waals surface area contributed by atoms with E-state index in [1.165, 1.54) is 12.8 Å². The Hall–Kier alpha value is -0.570. The molecule has 0 heterocycles. The number of rotatable bonds is 9. The second-order valence-corrected chi connectivity index (χ2v) is 4.93. The summed E-state index contributed by atoms with van der Waals surface area (Å²) in [7, 11) is 0. The van der Waals surface area contributed by atoms with Crippen molar-refractivity contribution in [3.8, 4) is 0 Å². The molecule has 0 amide bonds. The lowest BCUT2D eigenvalue weighted by atomic mass is 10.1. The maximum atomic E-state index is 11.3. The molecule has 0 aliphatic heterocycles. The molecule has 0 saturated heterocycles. The Labute approximate surface area is 98.8 Å². The third-order valence-corrected chi connectivity index (χ3v) is 3.26. The number of hydrogen-bond donors (Lipinski definition) is 1. The highest BCUT2D eigenvalue weighted by molar-refractivity contribution is 5.73. The van der Waals surface area contributed by atoms with Crippen LogP contribution in [0, 0.1) is 5.92 Å². The quantitative estimate of drug-likeness (QED) is 0.658. The predicted octanol–water partition coefficient (Wildman–Crippen LogP) is 2.75. The number of hydrogen-bond acceptors (Lipinski definition) is 2. The van der Waals surface area contributed by atoms with Gasteiger partial charge < -0.3 is 5.11 Å². The fourth-order valence-electron chi connectivity index (χ4n) is 2.15. The number of aliphatic carboxylic acids is 1. The standard InChI is InChI=1S/C13H25NO2/c1-3-5-6-12(13(15)16)14(9-4-2)10-11-7-8-11/h11-12H,3-10H2,1-2H3,(H,15,16). The third kappa shape index (κ3) is 4.52. The summed E-state index contributed by atoms with van der Waals surface area (Å²) in [6.07, 6.45) is 6.52. The Balaban J connectivity index is 2.49. The summed E-state index contributed by atoms with van der Waals surface area (Å²) in [5.74, 6) is 0.137. The summed E-state index contributed by atoms with van der Waals surface area (Å²) >= 11 is 0. The average molecular weight is 227 g/mol. The van der Waals surface area contributed by atoms with E-state index in [-0.39, 0.29) is 6.04 Å². The second-order valence-electron chi connectivity index (χ2n) is 4.93. The van der Waals surface area contributed by atoms with Gasteiger partial charge in [0.05, 0.1) is 0 Å². The highest BCUT2D eigenvalue weighted by Gasteiger charge is 2.30. The SMILES string of the molecule is CCCCC(C(=O)O)N(CCC)CC1CC1. The molecule has 0 radical (unpaired) electrons. The molecule has 3 nitrogen and oxygen atoms in total. The molecule has 0 aromatic rings. The van der Waals surface area contributed by atoms with Gasteiger partial charge >= 0.3 is 5.97 Å². The highest BCUT2D eigenvalue weighted by atomic mass is 16.4. The minimum atomic E-state index is -0.637. The van der Waals surface area contributed by atoms with E-state index in [1.54, 1.807) is 0 Å². The van der Waals surface area contributed by atoms with Crippen molar-refractivity contribution >= 4 is 5.97 Å². The maximum Gasteiger partial charge on any atom is 0.320 e. The predicted molar refractivity (Wildman–Crippen MR) is 65.5 cm³/mol. The Bertz CT molecular complexity index is 214. The van der Waals surface area contributed by atoms with Gasteiger partial charge in [0.2, 0.25) is 0 Å². The Morgan fingerprint density at radius 3 is 2.50 bits per heavy atom. The van der Waals surface area contributed by atoms with Crippen LogP contribution < -0.4 is 0 Å². The van der Waals surface area contributed by atoms with Gasteiger partial charge in [-0.2, -0.15) is 0 Å². The van der Waals surface area contributed by atoms with Gasteiger partial charge in [-0.1, -0.05) is 26.7 Å². The number of carboxylic acid groups (broad SMARTS) is 1. The van der Waals surface area contributed by atoms with Crippen LogP contribution in [0.5, 0.6) is 0 Å². The monoisotopic (exact) mass is 227 g/mol. The minimum absolute atomic E-state index is 0.250.